The molecule has 1 radical (unpaired) electrons. The molecule has 2 heteroatoms. The Morgan fingerprint density at radius 2 is 1.00 bits per heavy atom. The quantitative estimate of drug-likeness (QED) is 0.477. The van der Waals surface area contributed by atoms with Crippen LogP contribution in [0.5, 0.6) is 0 Å². The fourth-order valence-corrected chi connectivity index (χ4v) is 1.01. The zero-order valence-electron chi connectivity index (χ0n) is 7.95. The highest BCUT2D eigenvalue weighted by atomic mass is 15.5. The molecule has 0 aliphatic carbocycles. The summed E-state index contributed by atoms with van der Waals surface area (Å²) in [4.78, 5) is 0. The summed E-state index contributed by atoms with van der Waals surface area (Å²) < 4.78 is 0. The second kappa shape index (κ2) is 2.51. The molecule has 0 atom stereocenters. The highest BCUT2D eigenvalue weighted by Crippen LogP contribution is 2.20. The largest absolute Gasteiger partial charge is 0.219 e. The molecule has 61 valence electrons. The van der Waals surface area contributed by atoms with E-state index in [0.717, 1.165) is 0 Å². The molecule has 0 unspecified atom stereocenters. The number of nitrogens with one attached hydrogen (secondary N) is 1. The van der Waals surface area contributed by atoms with Crippen molar-refractivity contribution in [3.63, 3.8) is 0 Å². The van der Waals surface area contributed by atoms with Crippen LogP contribution in [-0.2, 0) is 0 Å². The lowest BCUT2D eigenvalue weighted by Gasteiger charge is -2.40. The normalized spacial score (nSPS) is 14.4. The van der Waals surface area contributed by atoms with Crippen LogP contribution in [0.2, 0.25) is 0 Å². The van der Waals surface area contributed by atoms with Gasteiger partial charge < -0.3 is 0 Å². The molecule has 0 aromatic heterocycles. The first-order valence-electron chi connectivity index (χ1n) is 3.67. The van der Waals surface area contributed by atoms with E-state index in [-0.39, 0.29) is 11.1 Å². The van der Waals surface area contributed by atoms with E-state index >= 15 is 0 Å². The van der Waals surface area contributed by atoms with Gasteiger partial charge in [0.1, 0.15) is 0 Å². The summed E-state index contributed by atoms with van der Waals surface area (Å²) in [6, 6.07) is 0. The van der Waals surface area contributed by atoms with Gasteiger partial charge in [0.15, 0.2) is 0 Å². The fourth-order valence-electron chi connectivity index (χ4n) is 1.01. The second-order valence-electron chi connectivity index (χ2n) is 4.68. The molecule has 0 rings (SSSR count). The highest BCUT2D eigenvalue weighted by Gasteiger charge is 2.28. The van der Waals surface area contributed by atoms with E-state index in [1.807, 2.05) is 41.5 Å². The molecular weight excluding hydrogens is 124 g/mol. The summed E-state index contributed by atoms with van der Waals surface area (Å²) in [5.41, 5.74) is -0.115. The van der Waals surface area contributed by atoms with Crippen LogP contribution in [-0.4, -0.2) is 16.1 Å². The minimum Gasteiger partial charge on any atom is -0.219 e. The molecule has 0 heterocycles. The average molecular weight is 143 g/mol. The van der Waals surface area contributed by atoms with E-state index in [1.54, 1.807) is 5.01 Å². The van der Waals surface area contributed by atoms with Gasteiger partial charge in [0.2, 0.25) is 0 Å². The summed E-state index contributed by atoms with van der Waals surface area (Å²) in [6.07, 6.45) is 0. The Morgan fingerprint density at radius 1 is 0.800 bits per heavy atom. The van der Waals surface area contributed by atoms with Crippen LogP contribution in [0.3, 0.4) is 0 Å². The average Bonchev–Trinajstić information content (AvgIpc) is 1.59. The van der Waals surface area contributed by atoms with E-state index in [1.165, 1.54) is 0 Å². The van der Waals surface area contributed by atoms with E-state index in [9.17, 15) is 0 Å². The molecule has 0 aliphatic rings. The Labute approximate surface area is 64.4 Å². The predicted molar refractivity (Wildman–Crippen MR) is 44.4 cm³/mol. The van der Waals surface area contributed by atoms with Crippen LogP contribution < -0.4 is 5.84 Å². The molecule has 0 saturated heterocycles. The van der Waals surface area contributed by atoms with Crippen molar-refractivity contribution in [1.82, 2.24) is 10.9 Å². The van der Waals surface area contributed by atoms with Crippen LogP contribution in [0, 0.1) is 0 Å². The zero-order chi connectivity index (χ0) is 8.58. The second-order valence-corrected chi connectivity index (χ2v) is 4.68. The van der Waals surface area contributed by atoms with Crippen LogP contribution in [0.15, 0.2) is 0 Å². The van der Waals surface area contributed by atoms with Gasteiger partial charge in [0.25, 0.3) is 0 Å². The van der Waals surface area contributed by atoms with Crippen LogP contribution in [0.4, 0.5) is 0 Å². The minimum atomic E-state index is -0.0573. The number of rotatable bonds is 0. The lowest BCUT2D eigenvalue weighted by molar-refractivity contribution is 0.0274. The number of hydrogen-bond donors (Lipinski definition) is 0. The Bertz CT molecular complexity index is 91.4. The molecule has 10 heavy (non-hydrogen) atoms. The van der Waals surface area contributed by atoms with Crippen molar-refractivity contribution in [2.45, 2.75) is 52.6 Å². The highest BCUT2D eigenvalue weighted by molar-refractivity contribution is 4.81. The maximum atomic E-state index is 7.71. The third-order valence-corrected chi connectivity index (χ3v) is 1.34. The molecule has 0 amide bonds. The van der Waals surface area contributed by atoms with Crippen molar-refractivity contribution in [2.24, 2.45) is 0 Å². The minimum absolute atomic E-state index is 0.0573. The van der Waals surface area contributed by atoms with Gasteiger partial charge in [0, 0.05) is 11.1 Å². The van der Waals surface area contributed by atoms with Crippen LogP contribution in [0.25, 0.3) is 0 Å². The molecule has 0 spiro atoms. The van der Waals surface area contributed by atoms with Crippen molar-refractivity contribution in [2.75, 3.05) is 0 Å². The molecule has 2 nitrogen and oxygen atoms in total. The summed E-state index contributed by atoms with van der Waals surface area (Å²) in [7, 11) is 0. The topological polar surface area (TPSA) is 27.0 Å². The first-order valence-corrected chi connectivity index (χ1v) is 3.67. The van der Waals surface area contributed by atoms with Crippen LogP contribution >= 0.6 is 0 Å². The lowest BCUT2D eigenvalue weighted by atomic mass is 9.99. The molecule has 0 aliphatic heterocycles. The summed E-state index contributed by atoms with van der Waals surface area (Å²) in [6.45, 7) is 12.3. The van der Waals surface area contributed by atoms with E-state index in [0.29, 0.717) is 0 Å². The Hall–Kier alpha value is -0.0800. The Balaban J connectivity index is 4.23. The maximum absolute atomic E-state index is 7.71. The van der Waals surface area contributed by atoms with Gasteiger partial charge in [-0.15, -0.1) is 0 Å². The van der Waals surface area contributed by atoms with Crippen molar-refractivity contribution in [3.05, 3.63) is 0 Å². The molecular formula is C8H19N2. The monoisotopic (exact) mass is 143 g/mol. The van der Waals surface area contributed by atoms with Crippen LogP contribution in [0.1, 0.15) is 41.5 Å². The third-order valence-electron chi connectivity index (χ3n) is 1.34. The summed E-state index contributed by atoms with van der Waals surface area (Å²) in [5.74, 6) is 7.71. The van der Waals surface area contributed by atoms with E-state index in [2.05, 4.69) is 0 Å². The lowest BCUT2D eigenvalue weighted by Crippen LogP contribution is -2.51. The standard InChI is InChI=1S/C8H19N2/c1-7(2,3)10(9)8(4,5)6/h9H,1-6H3. The van der Waals surface area contributed by atoms with Gasteiger partial charge in [-0.2, -0.15) is 5.84 Å². The van der Waals surface area contributed by atoms with Gasteiger partial charge in [-0.1, -0.05) is 0 Å². The fraction of sp³-hybridized carbons (Fsp3) is 1.00. The van der Waals surface area contributed by atoms with Gasteiger partial charge in [-0.05, 0) is 41.5 Å². The van der Waals surface area contributed by atoms with Gasteiger partial charge in [-0.25, -0.2) is 5.01 Å². The molecule has 0 fully saturated rings. The van der Waals surface area contributed by atoms with Crippen molar-refractivity contribution in [3.8, 4) is 0 Å². The van der Waals surface area contributed by atoms with Gasteiger partial charge in [0.05, 0.1) is 0 Å². The molecule has 0 aromatic rings. The van der Waals surface area contributed by atoms with E-state index in [4.69, 9.17) is 5.84 Å². The molecule has 0 aromatic carbocycles. The smallest absolute Gasteiger partial charge is 0.0289 e. The maximum Gasteiger partial charge on any atom is 0.0289 e. The summed E-state index contributed by atoms with van der Waals surface area (Å²) >= 11 is 0. The summed E-state index contributed by atoms with van der Waals surface area (Å²) in [5, 5.41) is 1.62. The van der Waals surface area contributed by atoms with Crippen molar-refractivity contribution in [1.29, 1.82) is 0 Å². The SMILES string of the molecule is CC(C)(C)N([NH])C(C)(C)C. The first-order chi connectivity index (χ1) is 4.15. The Morgan fingerprint density at radius 3 is 1.00 bits per heavy atom. The number of hydrogen-bond acceptors (Lipinski definition) is 1. The van der Waals surface area contributed by atoms with Crippen molar-refractivity contribution >= 4 is 0 Å². The predicted octanol–water partition coefficient (Wildman–Crippen LogP) is 2.08. The third kappa shape index (κ3) is 2.67. The molecule has 0 saturated carbocycles. The van der Waals surface area contributed by atoms with Crippen molar-refractivity contribution < 1.29 is 0 Å². The number of nitrogens with zero attached hydrogens (tertiary/aromatic N) is 1. The molecule has 1 N–H and O–H groups in total. The zero-order valence-corrected chi connectivity index (χ0v) is 7.95. The Kier molecular flexibility index (Phi) is 2.49. The van der Waals surface area contributed by atoms with Gasteiger partial charge in [-0.3, -0.25) is 0 Å². The molecule has 0 bridgehead atoms. The van der Waals surface area contributed by atoms with E-state index < -0.39 is 0 Å². The van der Waals surface area contributed by atoms with Gasteiger partial charge >= 0.3 is 0 Å². The first kappa shape index (κ1) is 9.92.